The zero-order valence-electron chi connectivity index (χ0n) is 9.44. The molecule has 2 unspecified atom stereocenters. The van der Waals surface area contributed by atoms with Crippen molar-refractivity contribution >= 4 is 15.9 Å². The molecule has 2 heteroatoms. The molecule has 2 atom stereocenters. The lowest BCUT2D eigenvalue weighted by atomic mass is 10.00. The molecule has 2 aromatic rings. The van der Waals surface area contributed by atoms with Gasteiger partial charge < -0.3 is 5.73 Å². The highest BCUT2D eigenvalue weighted by molar-refractivity contribution is 9.10. The van der Waals surface area contributed by atoms with Gasteiger partial charge in [0.25, 0.3) is 0 Å². The van der Waals surface area contributed by atoms with Crippen molar-refractivity contribution in [3.8, 4) is 0 Å². The lowest BCUT2D eigenvalue weighted by Gasteiger charge is -2.12. The Morgan fingerprint density at radius 1 is 1.00 bits per heavy atom. The molecule has 0 saturated heterocycles. The number of halogens is 1. The molecule has 0 heterocycles. The van der Waals surface area contributed by atoms with E-state index in [1.807, 2.05) is 6.07 Å². The summed E-state index contributed by atoms with van der Waals surface area (Å²) in [4.78, 5) is 0. The summed E-state index contributed by atoms with van der Waals surface area (Å²) in [5.41, 5.74) is 8.89. The SMILES string of the molecule is NC1(c2ccccc2)CC1c1ccc(Br)cc1. The first-order valence-electron chi connectivity index (χ1n) is 5.80. The Labute approximate surface area is 110 Å². The smallest absolute Gasteiger partial charge is 0.0486 e. The molecule has 2 aromatic carbocycles. The van der Waals surface area contributed by atoms with Gasteiger partial charge in [0.1, 0.15) is 0 Å². The predicted octanol–water partition coefficient (Wildman–Crippen LogP) is 3.79. The lowest BCUT2D eigenvalue weighted by molar-refractivity contribution is 0.706. The van der Waals surface area contributed by atoms with E-state index in [1.54, 1.807) is 0 Å². The van der Waals surface area contributed by atoms with Crippen molar-refractivity contribution in [3.05, 3.63) is 70.2 Å². The first-order chi connectivity index (χ1) is 8.20. The molecule has 0 radical (unpaired) electrons. The van der Waals surface area contributed by atoms with Crippen molar-refractivity contribution in [2.24, 2.45) is 5.73 Å². The quantitative estimate of drug-likeness (QED) is 0.894. The van der Waals surface area contributed by atoms with E-state index in [9.17, 15) is 0 Å². The molecule has 86 valence electrons. The second-order valence-corrected chi connectivity index (χ2v) is 5.63. The van der Waals surface area contributed by atoms with Crippen LogP contribution in [0.3, 0.4) is 0 Å². The first kappa shape index (κ1) is 11.0. The Morgan fingerprint density at radius 3 is 2.29 bits per heavy atom. The third-order valence-corrected chi connectivity index (χ3v) is 4.12. The summed E-state index contributed by atoms with van der Waals surface area (Å²) >= 11 is 3.46. The fraction of sp³-hybridized carbons (Fsp3) is 0.200. The molecule has 0 aliphatic heterocycles. The molecule has 1 fully saturated rings. The zero-order chi connectivity index (χ0) is 11.9. The van der Waals surface area contributed by atoms with E-state index >= 15 is 0 Å². The van der Waals surface area contributed by atoms with Crippen LogP contribution in [0.5, 0.6) is 0 Å². The number of hydrogen-bond donors (Lipinski definition) is 1. The lowest BCUT2D eigenvalue weighted by Crippen LogP contribution is -2.21. The third kappa shape index (κ3) is 1.92. The van der Waals surface area contributed by atoms with E-state index in [4.69, 9.17) is 5.73 Å². The summed E-state index contributed by atoms with van der Waals surface area (Å²) in [6.07, 6.45) is 1.04. The maximum absolute atomic E-state index is 6.47. The minimum atomic E-state index is -0.158. The van der Waals surface area contributed by atoms with Crippen molar-refractivity contribution in [2.45, 2.75) is 17.9 Å². The van der Waals surface area contributed by atoms with Gasteiger partial charge >= 0.3 is 0 Å². The molecule has 1 nitrogen and oxygen atoms in total. The van der Waals surface area contributed by atoms with Gasteiger partial charge in [0.15, 0.2) is 0 Å². The minimum absolute atomic E-state index is 0.158. The molecule has 0 spiro atoms. The van der Waals surface area contributed by atoms with Crippen molar-refractivity contribution in [3.63, 3.8) is 0 Å². The van der Waals surface area contributed by atoms with Crippen molar-refractivity contribution in [1.82, 2.24) is 0 Å². The largest absolute Gasteiger partial charge is 0.321 e. The van der Waals surface area contributed by atoms with Crippen molar-refractivity contribution < 1.29 is 0 Å². The van der Waals surface area contributed by atoms with Crippen LogP contribution >= 0.6 is 15.9 Å². The fourth-order valence-electron chi connectivity index (χ4n) is 2.46. The molecule has 0 bridgehead atoms. The van der Waals surface area contributed by atoms with Gasteiger partial charge in [-0.25, -0.2) is 0 Å². The Balaban J connectivity index is 1.88. The summed E-state index contributed by atoms with van der Waals surface area (Å²) in [6.45, 7) is 0. The first-order valence-corrected chi connectivity index (χ1v) is 6.59. The van der Waals surface area contributed by atoms with E-state index in [0.717, 1.165) is 10.9 Å². The molecule has 1 saturated carbocycles. The Morgan fingerprint density at radius 2 is 1.65 bits per heavy atom. The van der Waals surface area contributed by atoms with Crippen LogP contribution in [0.2, 0.25) is 0 Å². The highest BCUT2D eigenvalue weighted by Gasteiger charge is 2.52. The van der Waals surface area contributed by atoms with Gasteiger partial charge in [0.05, 0.1) is 0 Å². The van der Waals surface area contributed by atoms with E-state index in [1.165, 1.54) is 11.1 Å². The van der Waals surface area contributed by atoms with Gasteiger partial charge in [-0.3, -0.25) is 0 Å². The monoisotopic (exact) mass is 287 g/mol. The van der Waals surface area contributed by atoms with Crippen LogP contribution in [0.15, 0.2) is 59.1 Å². The number of benzene rings is 2. The van der Waals surface area contributed by atoms with Gasteiger partial charge in [-0.1, -0.05) is 58.4 Å². The second-order valence-electron chi connectivity index (χ2n) is 4.71. The van der Waals surface area contributed by atoms with Crippen LogP contribution < -0.4 is 5.73 Å². The normalized spacial score (nSPS) is 26.8. The molecular weight excluding hydrogens is 274 g/mol. The molecule has 1 aliphatic carbocycles. The van der Waals surface area contributed by atoms with Crippen LogP contribution in [0, 0.1) is 0 Å². The predicted molar refractivity (Wildman–Crippen MR) is 73.8 cm³/mol. The molecule has 0 amide bonds. The summed E-state index contributed by atoms with van der Waals surface area (Å²) in [5.74, 6) is 0.456. The highest BCUT2D eigenvalue weighted by Crippen LogP contribution is 2.56. The summed E-state index contributed by atoms with van der Waals surface area (Å²) in [6, 6.07) is 18.9. The van der Waals surface area contributed by atoms with Gasteiger partial charge in [0.2, 0.25) is 0 Å². The van der Waals surface area contributed by atoms with Crippen molar-refractivity contribution in [1.29, 1.82) is 0 Å². The van der Waals surface area contributed by atoms with Gasteiger partial charge in [-0.15, -0.1) is 0 Å². The van der Waals surface area contributed by atoms with E-state index in [0.29, 0.717) is 5.92 Å². The van der Waals surface area contributed by atoms with E-state index in [-0.39, 0.29) is 5.54 Å². The van der Waals surface area contributed by atoms with Gasteiger partial charge in [-0.05, 0) is 29.7 Å². The van der Waals surface area contributed by atoms with Crippen LogP contribution in [-0.2, 0) is 5.54 Å². The van der Waals surface area contributed by atoms with Crippen LogP contribution in [-0.4, -0.2) is 0 Å². The van der Waals surface area contributed by atoms with Crippen LogP contribution in [0.25, 0.3) is 0 Å². The fourth-order valence-corrected chi connectivity index (χ4v) is 2.72. The average molecular weight is 288 g/mol. The molecule has 3 rings (SSSR count). The third-order valence-electron chi connectivity index (χ3n) is 3.59. The Hall–Kier alpha value is -1.12. The van der Waals surface area contributed by atoms with Crippen LogP contribution in [0.4, 0.5) is 0 Å². The highest BCUT2D eigenvalue weighted by atomic mass is 79.9. The standard InChI is InChI=1S/C15H14BrN/c16-13-8-6-11(7-9-13)14-10-15(14,17)12-4-2-1-3-5-12/h1-9,14H,10,17H2. The van der Waals surface area contributed by atoms with Crippen LogP contribution in [0.1, 0.15) is 23.5 Å². The number of hydrogen-bond acceptors (Lipinski definition) is 1. The number of rotatable bonds is 2. The molecular formula is C15H14BrN. The minimum Gasteiger partial charge on any atom is -0.321 e. The maximum Gasteiger partial charge on any atom is 0.0486 e. The van der Waals surface area contributed by atoms with Crippen molar-refractivity contribution in [2.75, 3.05) is 0 Å². The van der Waals surface area contributed by atoms with Gasteiger partial charge in [0, 0.05) is 15.9 Å². The zero-order valence-corrected chi connectivity index (χ0v) is 11.0. The molecule has 2 N–H and O–H groups in total. The Kier molecular flexibility index (Phi) is 2.57. The van der Waals surface area contributed by atoms with Gasteiger partial charge in [-0.2, -0.15) is 0 Å². The summed E-state index contributed by atoms with van der Waals surface area (Å²) in [5, 5.41) is 0. The Bertz CT molecular complexity index is 520. The topological polar surface area (TPSA) is 26.0 Å². The van der Waals surface area contributed by atoms with E-state index in [2.05, 4.69) is 64.5 Å². The molecule has 17 heavy (non-hydrogen) atoms. The van der Waals surface area contributed by atoms with E-state index < -0.39 is 0 Å². The summed E-state index contributed by atoms with van der Waals surface area (Å²) in [7, 11) is 0. The second kappa shape index (κ2) is 3.97. The summed E-state index contributed by atoms with van der Waals surface area (Å²) < 4.78 is 1.12. The maximum atomic E-state index is 6.47. The average Bonchev–Trinajstić information content (AvgIpc) is 3.05. The number of nitrogens with two attached hydrogens (primary N) is 1. The molecule has 1 aliphatic rings. The molecule has 0 aromatic heterocycles.